The van der Waals surface area contributed by atoms with Crippen molar-refractivity contribution in [2.24, 2.45) is 0 Å². The van der Waals surface area contributed by atoms with Gasteiger partial charge >= 0.3 is 5.97 Å². The molecular formula is C23H24N2O6S2. The summed E-state index contributed by atoms with van der Waals surface area (Å²) in [6, 6.07) is 11.1. The van der Waals surface area contributed by atoms with Crippen molar-refractivity contribution in [2.75, 3.05) is 26.1 Å². The smallest absolute Gasteiger partial charge is 0.348 e. The number of esters is 1. The lowest BCUT2D eigenvalue weighted by Crippen LogP contribution is -2.43. The second kappa shape index (κ2) is 9.12. The van der Waals surface area contributed by atoms with Crippen molar-refractivity contribution in [1.82, 2.24) is 4.31 Å². The average Bonchev–Trinajstić information content (AvgIpc) is 3.46. The van der Waals surface area contributed by atoms with Crippen molar-refractivity contribution in [3.63, 3.8) is 0 Å². The molecule has 1 saturated heterocycles. The first-order valence-electron chi connectivity index (χ1n) is 10.3. The van der Waals surface area contributed by atoms with E-state index in [-0.39, 0.29) is 17.3 Å². The molecule has 0 unspecified atom stereocenters. The minimum atomic E-state index is -3.89. The molecule has 1 N–H and O–H groups in total. The largest absolute Gasteiger partial charge is 0.497 e. The lowest BCUT2D eigenvalue weighted by molar-refractivity contribution is -0.119. The topological polar surface area (TPSA) is 102 Å². The summed E-state index contributed by atoms with van der Waals surface area (Å²) >= 11 is 1.30. The lowest BCUT2D eigenvalue weighted by Gasteiger charge is -2.24. The van der Waals surface area contributed by atoms with Gasteiger partial charge in [0.1, 0.15) is 16.7 Å². The van der Waals surface area contributed by atoms with Gasteiger partial charge in [0.2, 0.25) is 15.9 Å². The van der Waals surface area contributed by atoms with Crippen molar-refractivity contribution in [1.29, 1.82) is 0 Å². The first-order chi connectivity index (χ1) is 15.7. The van der Waals surface area contributed by atoms with Gasteiger partial charge in [-0.1, -0.05) is 6.07 Å². The summed E-state index contributed by atoms with van der Waals surface area (Å²) in [7, 11) is -1.09. The van der Waals surface area contributed by atoms with E-state index >= 15 is 0 Å². The van der Waals surface area contributed by atoms with E-state index in [1.165, 1.54) is 35.9 Å². The maximum Gasteiger partial charge on any atom is 0.348 e. The van der Waals surface area contributed by atoms with Crippen LogP contribution >= 0.6 is 11.3 Å². The first kappa shape index (κ1) is 23.2. The number of amides is 1. The van der Waals surface area contributed by atoms with Crippen LogP contribution in [0.2, 0.25) is 0 Å². The van der Waals surface area contributed by atoms with E-state index in [2.05, 4.69) is 5.32 Å². The van der Waals surface area contributed by atoms with E-state index in [9.17, 15) is 18.0 Å². The highest BCUT2D eigenvalue weighted by atomic mass is 32.2. The zero-order valence-electron chi connectivity index (χ0n) is 18.5. The summed E-state index contributed by atoms with van der Waals surface area (Å²) in [6.45, 7) is 1.99. The van der Waals surface area contributed by atoms with Crippen LogP contribution in [0.25, 0.3) is 10.1 Å². The number of anilines is 1. The summed E-state index contributed by atoms with van der Waals surface area (Å²) in [6.07, 6.45) is 1.02. The third-order valence-corrected chi connectivity index (χ3v) is 8.80. The van der Waals surface area contributed by atoms with Gasteiger partial charge in [-0.3, -0.25) is 4.79 Å². The molecule has 1 amide bonds. The SMILES string of the molecule is COC(=O)c1cc2cc(NC(=O)[C@@H]3CCCN3S(=O)(=O)c3cc(OC)ccc3C)ccc2s1. The highest BCUT2D eigenvalue weighted by Crippen LogP contribution is 2.32. The number of fused-ring (bicyclic) bond motifs is 1. The molecule has 8 nitrogen and oxygen atoms in total. The monoisotopic (exact) mass is 488 g/mol. The normalized spacial score (nSPS) is 16.6. The molecule has 1 atom stereocenters. The lowest BCUT2D eigenvalue weighted by atomic mass is 10.2. The number of hydrogen-bond donors (Lipinski definition) is 1. The zero-order chi connectivity index (χ0) is 23.8. The Morgan fingerprint density at radius 1 is 1.12 bits per heavy atom. The molecule has 1 aromatic heterocycles. The zero-order valence-corrected chi connectivity index (χ0v) is 20.1. The number of methoxy groups -OCH3 is 2. The number of nitrogens with zero attached hydrogens (tertiary/aromatic N) is 1. The Labute approximate surface area is 196 Å². The molecular weight excluding hydrogens is 464 g/mol. The molecule has 0 saturated carbocycles. The van der Waals surface area contributed by atoms with E-state index < -0.39 is 22.0 Å². The molecule has 0 aliphatic carbocycles. The van der Waals surface area contributed by atoms with Gasteiger partial charge in [0.05, 0.1) is 19.1 Å². The van der Waals surface area contributed by atoms with Crippen LogP contribution in [0.15, 0.2) is 47.4 Å². The number of benzene rings is 2. The predicted octanol–water partition coefficient (Wildman–Crippen LogP) is 3.80. The average molecular weight is 489 g/mol. The molecule has 4 rings (SSSR count). The summed E-state index contributed by atoms with van der Waals surface area (Å²) < 4.78 is 38.9. The highest BCUT2D eigenvalue weighted by Gasteiger charge is 2.40. The van der Waals surface area contributed by atoms with Crippen LogP contribution in [0, 0.1) is 6.92 Å². The molecule has 0 spiro atoms. The summed E-state index contributed by atoms with van der Waals surface area (Å²) in [4.78, 5) is 25.5. The summed E-state index contributed by atoms with van der Waals surface area (Å²) in [5, 5.41) is 3.63. The van der Waals surface area contributed by atoms with Gasteiger partial charge in [0, 0.05) is 23.0 Å². The maximum absolute atomic E-state index is 13.4. The first-order valence-corrected chi connectivity index (χ1v) is 12.6. The Hall–Kier alpha value is -2.95. The van der Waals surface area contributed by atoms with Crippen LogP contribution in [0.5, 0.6) is 5.75 Å². The Morgan fingerprint density at radius 2 is 1.91 bits per heavy atom. The van der Waals surface area contributed by atoms with Crippen LogP contribution < -0.4 is 10.1 Å². The third kappa shape index (κ3) is 4.46. The number of ether oxygens (including phenoxy) is 2. The molecule has 1 aliphatic heterocycles. The Balaban J connectivity index is 1.57. The summed E-state index contributed by atoms with van der Waals surface area (Å²) in [5.41, 5.74) is 1.12. The second-order valence-electron chi connectivity index (χ2n) is 7.75. The fourth-order valence-corrected chi connectivity index (χ4v) is 6.81. The van der Waals surface area contributed by atoms with Gasteiger partial charge in [-0.05, 0) is 61.0 Å². The molecule has 33 heavy (non-hydrogen) atoms. The maximum atomic E-state index is 13.4. The molecule has 1 fully saturated rings. The number of sulfonamides is 1. The van der Waals surface area contributed by atoms with E-state index in [0.717, 1.165) is 10.1 Å². The van der Waals surface area contributed by atoms with E-state index in [1.807, 2.05) is 6.07 Å². The molecule has 10 heteroatoms. The van der Waals surface area contributed by atoms with Crippen LogP contribution in [0.3, 0.4) is 0 Å². The Kier molecular flexibility index (Phi) is 6.42. The molecule has 2 aromatic carbocycles. The van der Waals surface area contributed by atoms with Crippen molar-refractivity contribution < 1.29 is 27.5 Å². The number of hydrogen-bond acceptors (Lipinski definition) is 7. The van der Waals surface area contributed by atoms with Crippen LogP contribution in [0.1, 0.15) is 28.1 Å². The van der Waals surface area contributed by atoms with Crippen molar-refractivity contribution in [2.45, 2.75) is 30.7 Å². The summed E-state index contributed by atoms with van der Waals surface area (Å²) in [5.74, 6) is -0.365. The van der Waals surface area contributed by atoms with Gasteiger partial charge in [-0.15, -0.1) is 11.3 Å². The molecule has 3 aromatic rings. The molecule has 174 valence electrons. The number of nitrogens with one attached hydrogen (secondary N) is 1. The molecule has 0 bridgehead atoms. The standard InChI is InChI=1S/C23H24N2O6S2/c1-14-6-8-17(30-2)13-21(14)33(28,29)25-10-4-5-18(25)22(26)24-16-7-9-19-15(11-16)12-20(32-19)23(27)31-3/h6-9,11-13,18H,4-5,10H2,1-3H3,(H,24,26)/t18-/m0/s1. The fourth-order valence-electron chi connectivity index (χ4n) is 3.95. The van der Waals surface area contributed by atoms with Crippen molar-refractivity contribution in [3.05, 3.63) is 52.9 Å². The fraction of sp³-hybridized carbons (Fsp3) is 0.304. The minimum absolute atomic E-state index is 0.136. The van der Waals surface area contributed by atoms with Gasteiger partial charge in [-0.25, -0.2) is 13.2 Å². The van der Waals surface area contributed by atoms with Crippen molar-refractivity contribution >= 4 is 49.0 Å². The van der Waals surface area contributed by atoms with Gasteiger partial charge in [-0.2, -0.15) is 4.31 Å². The minimum Gasteiger partial charge on any atom is -0.497 e. The Morgan fingerprint density at radius 3 is 2.64 bits per heavy atom. The van der Waals surface area contributed by atoms with Gasteiger partial charge in [0.25, 0.3) is 0 Å². The van der Waals surface area contributed by atoms with E-state index in [1.54, 1.807) is 37.3 Å². The number of carbonyl (C=O) groups is 2. The third-order valence-electron chi connectivity index (χ3n) is 5.66. The molecule has 0 radical (unpaired) electrons. The second-order valence-corrected chi connectivity index (χ2v) is 10.7. The van der Waals surface area contributed by atoms with Crippen LogP contribution in [-0.4, -0.2) is 51.4 Å². The molecule has 2 heterocycles. The van der Waals surface area contributed by atoms with Gasteiger partial charge in [0.15, 0.2) is 0 Å². The molecule has 1 aliphatic rings. The van der Waals surface area contributed by atoms with E-state index in [0.29, 0.717) is 34.7 Å². The Bertz CT molecular complexity index is 1330. The van der Waals surface area contributed by atoms with Crippen molar-refractivity contribution in [3.8, 4) is 5.75 Å². The number of aryl methyl sites for hydroxylation is 1. The van der Waals surface area contributed by atoms with Crippen LogP contribution in [-0.2, 0) is 19.6 Å². The van der Waals surface area contributed by atoms with Crippen LogP contribution in [0.4, 0.5) is 5.69 Å². The number of thiophene rings is 1. The number of rotatable bonds is 6. The quantitative estimate of drug-likeness (QED) is 0.530. The number of carbonyl (C=O) groups excluding carboxylic acids is 2. The van der Waals surface area contributed by atoms with E-state index in [4.69, 9.17) is 9.47 Å². The highest BCUT2D eigenvalue weighted by molar-refractivity contribution is 7.89. The predicted molar refractivity (Wildman–Crippen MR) is 126 cm³/mol. The van der Waals surface area contributed by atoms with Gasteiger partial charge < -0.3 is 14.8 Å².